The Morgan fingerprint density at radius 2 is 1.22 bits per heavy atom. The molecule has 0 fully saturated rings. The van der Waals surface area contributed by atoms with Crippen LogP contribution in [-0.2, 0) is 5.60 Å². The first-order chi connectivity index (χ1) is 11.0. The van der Waals surface area contributed by atoms with Crippen molar-refractivity contribution in [3.8, 4) is 0 Å². The molecule has 0 atom stereocenters. The molecule has 0 spiro atoms. The van der Waals surface area contributed by atoms with Crippen molar-refractivity contribution in [1.82, 2.24) is 0 Å². The van der Waals surface area contributed by atoms with Crippen molar-refractivity contribution < 1.29 is 5.11 Å². The number of halogens is 2. The number of hydrogen-bond donors (Lipinski definition) is 1. The molecule has 1 N–H and O–H groups in total. The molecule has 23 heavy (non-hydrogen) atoms. The lowest BCUT2D eigenvalue weighted by molar-refractivity contribution is 0.126. The number of rotatable bonds is 3. The second-order valence-electron chi connectivity index (χ2n) is 5.50. The van der Waals surface area contributed by atoms with E-state index in [0.29, 0.717) is 15.6 Å². The lowest BCUT2D eigenvalue weighted by Crippen LogP contribution is -2.30. The average Bonchev–Trinajstić information content (AvgIpc) is 2.60. The Balaban J connectivity index is 2.37. The number of aliphatic hydroxyl groups is 1. The predicted octanol–water partition coefficient (Wildman–Crippen LogP) is 5.59. The minimum absolute atomic E-state index is 0.441. The molecule has 0 saturated heterocycles. The Morgan fingerprint density at radius 3 is 1.70 bits per heavy atom. The van der Waals surface area contributed by atoms with Gasteiger partial charge in [0.2, 0.25) is 0 Å². The molecule has 1 nitrogen and oxygen atoms in total. The molecule has 0 aliphatic carbocycles. The zero-order valence-electron chi connectivity index (χ0n) is 12.6. The van der Waals surface area contributed by atoms with Crippen LogP contribution in [0.4, 0.5) is 0 Å². The third-order valence-corrected chi connectivity index (χ3v) is 4.83. The van der Waals surface area contributed by atoms with E-state index in [2.05, 4.69) is 0 Å². The molecule has 0 radical (unpaired) electrons. The van der Waals surface area contributed by atoms with Crippen LogP contribution >= 0.6 is 23.2 Å². The van der Waals surface area contributed by atoms with E-state index in [1.807, 2.05) is 73.7 Å². The van der Waals surface area contributed by atoms with Crippen molar-refractivity contribution in [2.75, 3.05) is 0 Å². The van der Waals surface area contributed by atoms with E-state index < -0.39 is 5.60 Å². The minimum Gasteiger partial charge on any atom is -0.376 e. The highest BCUT2D eigenvalue weighted by Gasteiger charge is 2.37. The van der Waals surface area contributed by atoms with E-state index in [1.54, 1.807) is 6.07 Å². The highest BCUT2D eigenvalue weighted by Crippen LogP contribution is 2.44. The first-order valence-corrected chi connectivity index (χ1v) is 8.09. The Morgan fingerprint density at radius 1 is 0.739 bits per heavy atom. The summed E-state index contributed by atoms with van der Waals surface area (Å²) in [7, 11) is 0. The van der Waals surface area contributed by atoms with Crippen LogP contribution in [0.5, 0.6) is 0 Å². The number of aryl methyl sites for hydroxylation is 1. The molecule has 116 valence electrons. The highest BCUT2D eigenvalue weighted by atomic mass is 35.5. The van der Waals surface area contributed by atoms with Gasteiger partial charge in [-0.05, 0) is 29.7 Å². The van der Waals surface area contributed by atoms with Gasteiger partial charge in [-0.1, -0.05) is 89.9 Å². The van der Waals surface area contributed by atoms with Crippen molar-refractivity contribution in [3.05, 3.63) is 105 Å². The fourth-order valence-electron chi connectivity index (χ4n) is 2.80. The molecule has 3 aromatic carbocycles. The van der Waals surface area contributed by atoms with Crippen LogP contribution in [0, 0.1) is 6.92 Å². The zero-order valence-corrected chi connectivity index (χ0v) is 14.1. The predicted molar refractivity (Wildman–Crippen MR) is 96.2 cm³/mol. The highest BCUT2D eigenvalue weighted by molar-refractivity contribution is 6.36. The summed E-state index contributed by atoms with van der Waals surface area (Å²) in [5, 5.41) is 12.7. The van der Waals surface area contributed by atoms with Crippen LogP contribution in [0.1, 0.15) is 22.3 Å². The Labute approximate surface area is 146 Å². The van der Waals surface area contributed by atoms with Crippen molar-refractivity contribution in [3.63, 3.8) is 0 Å². The largest absolute Gasteiger partial charge is 0.376 e. The van der Waals surface area contributed by atoms with E-state index in [4.69, 9.17) is 23.2 Å². The number of hydrogen-bond acceptors (Lipinski definition) is 1. The Hall–Kier alpha value is -1.80. The standard InChI is InChI=1S/C20H16Cl2O/c1-14-12-13-17(21)18(19(14)22)20(23,15-8-4-2-5-9-15)16-10-6-3-7-11-16/h2-13,23H,1H3. The van der Waals surface area contributed by atoms with Crippen LogP contribution in [0.15, 0.2) is 72.8 Å². The SMILES string of the molecule is Cc1ccc(Cl)c(C(O)(c2ccccc2)c2ccccc2)c1Cl. The first kappa shape index (κ1) is 16.1. The molecule has 3 rings (SSSR count). The van der Waals surface area contributed by atoms with Gasteiger partial charge in [-0.25, -0.2) is 0 Å². The summed E-state index contributed by atoms with van der Waals surface area (Å²) in [6, 6.07) is 22.5. The summed E-state index contributed by atoms with van der Waals surface area (Å²) in [5.74, 6) is 0. The maximum atomic E-state index is 11.7. The molecule has 0 aliphatic rings. The van der Waals surface area contributed by atoms with Crippen molar-refractivity contribution in [1.29, 1.82) is 0 Å². The van der Waals surface area contributed by atoms with E-state index in [1.165, 1.54) is 0 Å². The summed E-state index contributed by atoms with van der Waals surface area (Å²) in [6.45, 7) is 1.90. The molecule has 3 aromatic rings. The van der Waals surface area contributed by atoms with E-state index in [9.17, 15) is 5.11 Å². The fourth-order valence-corrected chi connectivity index (χ4v) is 3.45. The first-order valence-electron chi connectivity index (χ1n) is 7.33. The minimum atomic E-state index is -1.41. The molecule has 0 aliphatic heterocycles. The van der Waals surface area contributed by atoms with Crippen molar-refractivity contribution in [2.24, 2.45) is 0 Å². The topological polar surface area (TPSA) is 20.2 Å². The van der Waals surface area contributed by atoms with Crippen LogP contribution in [-0.4, -0.2) is 5.11 Å². The van der Waals surface area contributed by atoms with Gasteiger partial charge < -0.3 is 5.11 Å². The van der Waals surface area contributed by atoms with Gasteiger partial charge in [0, 0.05) is 10.6 Å². The molecule has 0 saturated carbocycles. The summed E-state index contributed by atoms with van der Waals surface area (Å²) < 4.78 is 0. The Bertz CT molecular complexity index is 774. The molecule has 0 amide bonds. The van der Waals surface area contributed by atoms with Gasteiger partial charge in [-0.2, -0.15) is 0 Å². The smallest absolute Gasteiger partial charge is 0.143 e. The van der Waals surface area contributed by atoms with Gasteiger partial charge in [-0.15, -0.1) is 0 Å². The lowest BCUT2D eigenvalue weighted by Gasteiger charge is -2.32. The second kappa shape index (κ2) is 6.37. The van der Waals surface area contributed by atoms with Gasteiger partial charge in [0.1, 0.15) is 5.60 Å². The molecule has 3 heteroatoms. The monoisotopic (exact) mass is 342 g/mol. The van der Waals surface area contributed by atoms with Crippen LogP contribution < -0.4 is 0 Å². The van der Waals surface area contributed by atoms with Crippen molar-refractivity contribution >= 4 is 23.2 Å². The van der Waals surface area contributed by atoms with E-state index in [0.717, 1.165) is 16.7 Å². The molecule has 0 heterocycles. The molecular formula is C20H16Cl2O. The summed E-state index contributed by atoms with van der Waals surface area (Å²) >= 11 is 13.0. The van der Waals surface area contributed by atoms with Gasteiger partial charge in [0.25, 0.3) is 0 Å². The van der Waals surface area contributed by atoms with Gasteiger partial charge in [-0.3, -0.25) is 0 Å². The van der Waals surface area contributed by atoms with Crippen molar-refractivity contribution in [2.45, 2.75) is 12.5 Å². The molecule has 0 aromatic heterocycles. The molecular weight excluding hydrogens is 327 g/mol. The fraction of sp³-hybridized carbons (Fsp3) is 0.100. The summed E-state index contributed by atoms with van der Waals surface area (Å²) in [6.07, 6.45) is 0. The normalized spacial score (nSPS) is 11.5. The van der Waals surface area contributed by atoms with Crippen LogP contribution in [0.3, 0.4) is 0 Å². The zero-order chi connectivity index (χ0) is 16.4. The molecule has 0 bridgehead atoms. The third-order valence-electron chi connectivity index (χ3n) is 4.03. The lowest BCUT2D eigenvalue weighted by atomic mass is 9.80. The van der Waals surface area contributed by atoms with Crippen LogP contribution in [0.25, 0.3) is 0 Å². The maximum absolute atomic E-state index is 11.7. The van der Waals surface area contributed by atoms with E-state index in [-0.39, 0.29) is 0 Å². The summed E-state index contributed by atoms with van der Waals surface area (Å²) in [5.41, 5.74) is 1.42. The third kappa shape index (κ3) is 2.76. The van der Waals surface area contributed by atoms with E-state index >= 15 is 0 Å². The average molecular weight is 343 g/mol. The second-order valence-corrected chi connectivity index (χ2v) is 6.28. The molecule has 0 unspecified atom stereocenters. The Kier molecular flexibility index (Phi) is 4.45. The van der Waals surface area contributed by atoms with Crippen LogP contribution in [0.2, 0.25) is 10.0 Å². The number of benzene rings is 3. The van der Waals surface area contributed by atoms with Gasteiger partial charge in [0.15, 0.2) is 0 Å². The maximum Gasteiger partial charge on any atom is 0.143 e. The van der Waals surface area contributed by atoms with Gasteiger partial charge >= 0.3 is 0 Å². The summed E-state index contributed by atoms with van der Waals surface area (Å²) in [4.78, 5) is 0. The van der Waals surface area contributed by atoms with Gasteiger partial charge in [0.05, 0.1) is 5.02 Å². The quantitative estimate of drug-likeness (QED) is 0.615.